The smallest absolute Gasteiger partial charge is 0.368 e. The number of hydrogen-bond acceptors (Lipinski definition) is 6. The molecule has 0 aliphatic rings. The first-order valence-corrected chi connectivity index (χ1v) is 8.96. The van der Waals surface area contributed by atoms with E-state index in [2.05, 4.69) is 30.7 Å². The zero-order chi connectivity index (χ0) is 21.1. The van der Waals surface area contributed by atoms with Gasteiger partial charge in [0.1, 0.15) is 11.2 Å². The third-order valence-electron chi connectivity index (χ3n) is 4.25. The molecule has 0 atom stereocenters. The maximum atomic E-state index is 12.6. The monoisotopic (exact) mass is 415 g/mol. The summed E-state index contributed by atoms with van der Waals surface area (Å²) in [7, 11) is 0. The summed E-state index contributed by atoms with van der Waals surface area (Å²) in [6.45, 7) is 0.689. The Morgan fingerprint density at radius 3 is 2.47 bits per heavy atom. The number of hydrogen-bond donors (Lipinski definition) is 3. The van der Waals surface area contributed by atoms with Crippen LogP contribution < -0.4 is 16.2 Å². The van der Waals surface area contributed by atoms with Gasteiger partial charge in [-0.3, -0.25) is 9.78 Å². The number of pyridine rings is 1. The van der Waals surface area contributed by atoms with Crippen LogP contribution in [-0.2, 0) is 6.18 Å². The van der Waals surface area contributed by atoms with E-state index >= 15 is 0 Å². The van der Waals surface area contributed by atoms with Crippen LogP contribution in [0.25, 0.3) is 16.7 Å². The summed E-state index contributed by atoms with van der Waals surface area (Å²) >= 11 is 0. The normalized spacial score (nSPS) is 11.6. The summed E-state index contributed by atoms with van der Waals surface area (Å²) in [5.41, 5.74) is 0.0368. The van der Waals surface area contributed by atoms with Gasteiger partial charge in [0.25, 0.3) is 5.56 Å². The molecule has 0 bridgehead atoms. The molecule has 8 nitrogen and oxygen atoms in total. The van der Waals surface area contributed by atoms with Crippen molar-refractivity contribution in [2.24, 2.45) is 0 Å². The van der Waals surface area contributed by atoms with Gasteiger partial charge >= 0.3 is 6.18 Å². The van der Waals surface area contributed by atoms with Crippen molar-refractivity contribution in [1.82, 2.24) is 24.7 Å². The Kier molecular flexibility index (Phi) is 5.09. The van der Waals surface area contributed by atoms with Crippen LogP contribution in [0.2, 0.25) is 0 Å². The van der Waals surface area contributed by atoms with E-state index in [0.717, 1.165) is 18.0 Å². The minimum atomic E-state index is -4.42. The summed E-state index contributed by atoms with van der Waals surface area (Å²) in [5, 5.41) is 10.5. The van der Waals surface area contributed by atoms with E-state index in [9.17, 15) is 18.0 Å². The first-order valence-electron chi connectivity index (χ1n) is 8.96. The lowest BCUT2D eigenvalue weighted by atomic mass is 10.3. The predicted octanol–water partition coefficient (Wildman–Crippen LogP) is 3.05. The van der Waals surface area contributed by atoms with Crippen LogP contribution in [0, 0.1) is 0 Å². The quantitative estimate of drug-likeness (QED) is 0.419. The molecule has 0 spiro atoms. The Balaban J connectivity index is 1.42. The fraction of sp³-hybridized carbons (Fsp3) is 0.158. The van der Waals surface area contributed by atoms with Gasteiger partial charge in [-0.15, -0.1) is 0 Å². The van der Waals surface area contributed by atoms with E-state index < -0.39 is 11.7 Å². The van der Waals surface area contributed by atoms with Crippen LogP contribution in [0.15, 0.2) is 59.7 Å². The molecule has 0 unspecified atom stereocenters. The minimum Gasteiger partial charge on any atom is -0.368 e. The second-order valence-corrected chi connectivity index (χ2v) is 6.33. The average Bonchev–Trinajstić information content (AvgIpc) is 3.16. The second-order valence-electron chi connectivity index (χ2n) is 6.33. The zero-order valence-corrected chi connectivity index (χ0v) is 15.4. The van der Waals surface area contributed by atoms with Crippen molar-refractivity contribution < 1.29 is 13.2 Å². The van der Waals surface area contributed by atoms with Gasteiger partial charge in [-0.25, -0.2) is 9.67 Å². The van der Waals surface area contributed by atoms with E-state index in [-0.39, 0.29) is 11.5 Å². The average molecular weight is 415 g/mol. The summed E-state index contributed by atoms with van der Waals surface area (Å²) in [6.07, 6.45) is -2.20. The molecular formula is C19H16F3N7O. The molecule has 4 rings (SSSR count). The third kappa shape index (κ3) is 4.09. The van der Waals surface area contributed by atoms with Gasteiger partial charge in [0.15, 0.2) is 5.65 Å². The van der Waals surface area contributed by atoms with E-state index in [4.69, 9.17) is 0 Å². The number of para-hydroxylation sites is 1. The molecule has 3 heterocycles. The molecule has 0 radical (unpaired) electrons. The number of benzene rings is 1. The van der Waals surface area contributed by atoms with Gasteiger partial charge in [0.05, 0.1) is 17.4 Å². The van der Waals surface area contributed by atoms with Crippen molar-refractivity contribution >= 4 is 22.8 Å². The molecule has 0 aliphatic carbocycles. The molecule has 1 aromatic carbocycles. The van der Waals surface area contributed by atoms with Crippen molar-refractivity contribution in [1.29, 1.82) is 0 Å². The van der Waals surface area contributed by atoms with Crippen molar-refractivity contribution in [2.45, 2.75) is 6.18 Å². The Morgan fingerprint density at radius 2 is 1.77 bits per heavy atom. The molecule has 0 saturated carbocycles. The number of aromatic nitrogens is 5. The van der Waals surface area contributed by atoms with Gasteiger partial charge in [0, 0.05) is 19.3 Å². The van der Waals surface area contributed by atoms with Gasteiger partial charge < -0.3 is 10.6 Å². The molecule has 3 aromatic heterocycles. The Morgan fingerprint density at radius 1 is 1.00 bits per heavy atom. The number of nitrogens with zero attached hydrogens (tertiary/aromatic N) is 4. The highest BCUT2D eigenvalue weighted by atomic mass is 19.4. The van der Waals surface area contributed by atoms with Gasteiger partial charge in [-0.2, -0.15) is 23.3 Å². The maximum absolute atomic E-state index is 12.6. The zero-order valence-electron chi connectivity index (χ0n) is 15.4. The third-order valence-corrected chi connectivity index (χ3v) is 4.25. The van der Waals surface area contributed by atoms with Crippen molar-refractivity contribution in [2.75, 3.05) is 23.7 Å². The molecule has 4 aromatic rings. The molecule has 0 aliphatic heterocycles. The maximum Gasteiger partial charge on any atom is 0.417 e. The van der Waals surface area contributed by atoms with E-state index in [1.807, 2.05) is 30.3 Å². The number of anilines is 2. The summed E-state index contributed by atoms with van der Waals surface area (Å²) < 4.78 is 39.2. The lowest BCUT2D eigenvalue weighted by molar-refractivity contribution is -0.137. The van der Waals surface area contributed by atoms with Crippen molar-refractivity contribution in [3.8, 4) is 5.69 Å². The Hall–Kier alpha value is -3.89. The fourth-order valence-electron chi connectivity index (χ4n) is 2.80. The molecule has 154 valence electrons. The molecule has 0 amide bonds. The van der Waals surface area contributed by atoms with Crippen molar-refractivity contribution in [3.05, 3.63) is 70.8 Å². The SMILES string of the molecule is O=c1[nH]c(NCCNc2ccc(C(F)(F)F)cn2)nc2c1cnn2-c1ccccc1. The Bertz CT molecular complexity index is 1200. The van der Waals surface area contributed by atoms with Gasteiger partial charge in [-0.05, 0) is 24.3 Å². The van der Waals surface area contributed by atoms with E-state index in [0.29, 0.717) is 29.9 Å². The molecule has 11 heteroatoms. The summed E-state index contributed by atoms with van der Waals surface area (Å²) in [4.78, 5) is 23.1. The predicted molar refractivity (Wildman–Crippen MR) is 106 cm³/mol. The minimum absolute atomic E-state index is 0.257. The highest BCUT2D eigenvalue weighted by Gasteiger charge is 2.30. The van der Waals surface area contributed by atoms with E-state index in [1.165, 1.54) is 12.3 Å². The Labute approximate surface area is 167 Å². The number of aromatic amines is 1. The number of nitrogens with one attached hydrogen (secondary N) is 3. The number of alkyl halides is 3. The molecule has 0 fully saturated rings. The first-order chi connectivity index (χ1) is 14.4. The largest absolute Gasteiger partial charge is 0.417 e. The number of halogens is 3. The number of rotatable bonds is 6. The highest BCUT2D eigenvalue weighted by molar-refractivity contribution is 5.76. The van der Waals surface area contributed by atoms with Crippen molar-refractivity contribution in [3.63, 3.8) is 0 Å². The van der Waals surface area contributed by atoms with Gasteiger partial charge in [0.2, 0.25) is 5.95 Å². The van der Waals surface area contributed by atoms with E-state index in [1.54, 1.807) is 4.68 Å². The summed E-state index contributed by atoms with van der Waals surface area (Å²) in [5.74, 6) is 0.566. The van der Waals surface area contributed by atoms with Crippen LogP contribution >= 0.6 is 0 Å². The number of H-pyrrole nitrogens is 1. The standard InChI is InChI=1S/C19H16F3N7O/c20-19(21,22)12-6-7-15(25-10-12)23-8-9-24-18-27-16-14(17(30)28-18)11-26-29(16)13-4-2-1-3-5-13/h1-7,10-11H,8-9H2,(H,23,25)(H2,24,27,28,30). The molecule has 0 saturated heterocycles. The lowest BCUT2D eigenvalue weighted by Gasteiger charge is -2.10. The molecule has 3 N–H and O–H groups in total. The first kappa shape index (κ1) is 19.4. The lowest BCUT2D eigenvalue weighted by Crippen LogP contribution is -2.19. The highest BCUT2D eigenvalue weighted by Crippen LogP contribution is 2.28. The topological polar surface area (TPSA) is 101 Å². The molecule has 30 heavy (non-hydrogen) atoms. The number of fused-ring (bicyclic) bond motifs is 1. The fourth-order valence-corrected chi connectivity index (χ4v) is 2.80. The van der Waals surface area contributed by atoms with Crippen LogP contribution in [0.1, 0.15) is 5.56 Å². The second kappa shape index (κ2) is 7.85. The summed E-state index contributed by atoms with van der Waals surface area (Å²) in [6, 6.07) is 11.5. The van der Waals surface area contributed by atoms with Crippen LogP contribution in [0.4, 0.5) is 24.9 Å². The molecular weight excluding hydrogens is 399 g/mol. The van der Waals surface area contributed by atoms with Crippen LogP contribution in [-0.4, -0.2) is 37.8 Å². The van der Waals surface area contributed by atoms with Gasteiger partial charge in [-0.1, -0.05) is 18.2 Å². The van der Waals surface area contributed by atoms with Crippen LogP contribution in [0.3, 0.4) is 0 Å². The van der Waals surface area contributed by atoms with Crippen LogP contribution in [0.5, 0.6) is 0 Å².